The average Bonchev–Trinajstić information content (AvgIpc) is 2.85. The van der Waals surface area contributed by atoms with E-state index in [1.807, 2.05) is 0 Å². The van der Waals surface area contributed by atoms with Gasteiger partial charge in [0.2, 0.25) is 5.91 Å². The van der Waals surface area contributed by atoms with Crippen molar-refractivity contribution in [3.05, 3.63) is 87.3 Å². The zero-order chi connectivity index (χ0) is 30.3. The van der Waals surface area contributed by atoms with Gasteiger partial charge in [-0.1, -0.05) is 23.7 Å². The Labute approximate surface area is 228 Å². The number of likely N-dealkylation sites (N-methyl/N-ethyl adjacent to an activating group) is 1. The molecular formula is C25H18ClF6N5O3. The van der Waals surface area contributed by atoms with E-state index in [0.29, 0.717) is 6.34 Å². The van der Waals surface area contributed by atoms with Crippen LogP contribution in [0.5, 0.6) is 5.75 Å². The van der Waals surface area contributed by atoms with E-state index in [2.05, 4.69) is 4.99 Å². The standard InChI is InChI=1S/C25H18ClF6N5O3/c1-37(11-16(23(35)39)8-20(34)15-2-4-17(5-3-15)24(27,28)29)13-36-22(25(30,31)32)21(12-38)40-19-7-14(10-33)6-18(26)9-19/h2-9,12-13,34H,11H2,1H3,(H2,35,39)/b16-8-,22-21+,34-20?,36-13-. The van der Waals surface area contributed by atoms with Crippen LogP contribution in [0.2, 0.25) is 5.02 Å². The fourth-order valence-electron chi connectivity index (χ4n) is 2.97. The van der Waals surface area contributed by atoms with Crippen molar-refractivity contribution in [2.75, 3.05) is 13.6 Å². The Morgan fingerprint density at radius 2 is 1.80 bits per heavy atom. The lowest BCUT2D eigenvalue weighted by Gasteiger charge is -2.16. The number of nitriles is 1. The van der Waals surface area contributed by atoms with Gasteiger partial charge >= 0.3 is 12.4 Å². The molecule has 2 rings (SSSR count). The first-order valence-electron chi connectivity index (χ1n) is 10.7. The van der Waals surface area contributed by atoms with E-state index < -0.39 is 47.5 Å². The predicted octanol–water partition coefficient (Wildman–Crippen LogP) is 5.02. The molecule has 0 fully saturated rings. The summed E-state index contributed by atoms with van der Waals surface area (Å²) in [5.74, 6) is -2.65. The number of primary amides is 1. The molecule has 0 saturated heterocycles. The van der Waals surface area contributed by atoms with Crippen LogP contribution in [0.4, 0.5) is 26.3 Å². The highest BCUT2D eigenvalue weighted by Crippen LogP contribution is 2.31. The fourth-order valence-corrected chi connectivity index (χ4v) is 3.20. The molecule has 8 nitrogen and oxygen atoms in total. The number of benzene rings is 2. The average molecular weight is 586 g/mol. The summed E-state index contributed by atoms with van der Waals surface area (Å²) in [6.07, 6.45) is -8.46. The van der Waals surface area contributed by atoms with Crippen LogP contribution >= 0.6 is 11.6 Å². The quantitative estimate of drug-likeness (QED) is 0.101. The van der Waals surface area contributed by atoms with Gasteiger partial charge in [0.15, 0.2) is 17.7 Å². The van der Waals surface area contributed by atoms with E-state index in [-0.39, 0.29) is 33.8 Å². The molecule has 0 atom stereocenters. The molecule has 15 heteroatoms. The summed E-state index contributed by atoms with van der Waals surface area (Å²) in [6.45, 7) is -0.468. The monoisotopic (exact) mass is 585 g/mol. The van der Waals surface area contributed by atoms with Gasteiger partial charge in [0.05, 0.1) is 29.2 Å². The third-order valence-electron chi connectivity index (χ3n) is 4.80. The minimum absolute atomic E-state index is 0.0127. The number of rotatable bonds is 10. The second-order valence-corrected chi connectivity index (χ2v) is 8.34. The van der Waals surface area contributed by atoms with Gasteiger partial charge in [-0.05, 0) is 42.0 Å². The maximum Gasteiger partial charge on any atom is 0.437 e. The normalized spacial score (nSPS) is 12.9. The molecule has 0 bridgehead atoms. The van der Waals surface area contributed by atoms with Crippen molar-refractivity contribution in [2.45, 2.75) is 12.4 Å². The molecule has 3 N–H and O–H groups in total. The van der Waals surface area contributed by atoms with E-state index in [4.69, 9.17) is 32.7 Å². The molecule has 0 radical (unpaired) electrons. The highest BCUT2D eigenvalue weighted by Gasteiger charge is 2.38. The minimum Gasteiger partial charge on any atom is -0.452 e. The molecule has 0 spiro atoms. The molecular weight excluding hydrogens is 568 g/mol. The van der Waals surface area contributed by atoms with Gasteiger partial charge in [-0.15, -0.1) is 0 Å². The lowest BCUT2D eigenvalue weighted by Crippen LogP contribution is -2.28. The zero-order valence-corrected chi connectivity index (χ0v) is 21.0. The largest absolute Gasteiger partial charge is 0.452 e. The number of amides is 1. The highest BCUT2D eigenvalue weighted by molar-refractivity contribution is 6.30. The minimum atomic E-state index is -5.18. The number of hydrogen-bond donors (Lipinski definition) is 2. The first-order valence-corrected chi connectivity index (χ1v) is 11.1. The summed E-state index contributed by atoms with van der Waals surface area (Å²) in [4.78, 5) is 27.6. The number of halogens is 7. The van der Waals surface area contributed by atoms with Crippen molar-refractivity contribution in [1.29, 1.82) is 10.7 Å². The van der Waals surface area contributed by atoms with Crippen LogP contribution in [0, 0.1) is 16.7 Å². The summed E-state index contributed by atoms with van der Waals surface area (Å²) >= 11 is 5.80. The molecule has 40 heavy (non-hydrogen) atoms. The summed E-state index contributed by atoms with van der Waals surface area (Å²) in [5.41, 5.74) is 1.88. The molecule has 0 heterocycles. The number of aliphatic imine (C=N–C) groups is 1. The molecule has 0 aliphatic heterocycles. The number of aldehydes is 1. The lowest BCUT2D eigenvalue weighted by atomic mass is 10.0. The lowest BCUT2D eigenvalue weighted by molar-refractivity contribution is -0.137. The molecule has 0 unspecified atom stereocenters. The van der Waals surface area contributed by atoms with E-state index >= 15 is 0 Å². The molecule has 210 valence electrons. The van der Waals surface area contributed by atoms with Crippen LogP contribution in [0.3, 0.4) is 0 Å². The Hall–Kier alpha value is -4.64. The number of carbonyl (C=O) groups excluding carboxylic acids is 2. The maximum absolute atomic E-state index is 13.7. The summed E-state index contributed by atoms with van der Waals surface area (Å²) < 4.78 is 84.3. The predicted molar refractivity (Wildman–Crippen MR) is 133 cm³/mol. The Morgan fingerprint density at radius 3 is 2.30 bits per heavy atom. The molecule has 0 aliphatic rings. The van der Waals surface area contributed by atoms with Crippen LogP contribution in [-0.2, 0) is 15.8 Å². The third kappa shape index (κ3) is 8.98. The molecule has 1 amide bonds. The number of alkyl halides is 6. The van der Waals surface area contributed by atoms with Crippen molar-refractivity contribution >= 4 is 35.8 Å². The van der Waals surface area contributed by atoms with Gasteiger partial charge in [-0.3, -0.25) is 9.59 Å². The fraction of sp³-hybridized carbons (Fsp3) is 0.160. The smallest absolute Gasteiger partial charge is 0.437 e. The summed E-state index contributed by atoms with van der Waals surface area (Å²) in [6, 6.07) is 8.56. The SMILES string of the molecule is CN(/C=N\C(=C(/C=O)Oc1cc(Cl)cc(C#N)c1)C(F)(F)F)C/C(=C/C(=N)c1ccc(C(F)(F)F)cc1)C(N)=O. The van der Waals surface area contributed by atoms with Crippen LogP contribution in [-0.4, -0.2) is 48.9 Å². The van der Waals surface area contributed by atoms with E-state index in [1.165, 1.54) is 13.1 Å². The number of nitrogens with two attached hydrogens (primary N) is 1. The van der Waals surface area contributed by atoms with Gasteiger partial charge in [-0.25, -0.2) is 4.99 Å². The number of hydrogen-bond acceptors (Lipinski definition) is 6. The van der Waals surface area contributed by atoms with Gasteiger partial charge in [0, 0.05) is 24.2 Å². The van der Waals surface area contributed by atoms with Gasteiger partial charge in [0.25, 0.3) is 0 Å². The Kier molecular flexibility index (Phi) is 10.2. The van der Waals surface area contributed by atoms with Gasteiger partial charge in [0.1, 0.15) is 5.75 Å². The van der Waals surface area contributed by atoms with Crippen LogP contribution in [0.1, 0.15) is 16.7 Å². The molecule has 2 aromatic rings. The number of carbonyl (C=O) groups is 2. The van der Waals surface area contributed by atoms with Crippen LogP contribution < -0.4 is 10.5 Å². The number of nitrogens with one attached hydrogen (secondary N) is 1. The van der Waals surface area contributed by atoms with E-state index in [9.17, 15) is 35.9 Å². The number of ether oxygens (including phenoxy) is 1. The summed E-state index contributed by atoms with van der Waals surface area (Å²) in [5, 5.41) is 17.0. The Morgan fingerprint density at radius 1 is 1.18 bits per heavy atom. The van der Waals surface area contributed by atoms with Gasteiger partial charge in [-0.2, -0.15) is 31.6 Å². The number of allylic oxidation sites excluding steroid dienone is 3. The third-order valence-corrected chi connectivity index (χ3v) is 5.02. The van der Waals surface area contributed by atoms with Crippen LogP contribution in [0.25, 0.3) is 0 Å². The van der Waals surface area contributed by atoms with E-state index in [0.717, 1.165) is 47.4 Å². The van der Waals surface area contributed by atoms with Crippen molar-refractivity contribution in [1.82, 2.24) is 4.90 Å². The molecule has 0 saturated carbocycles. The number of nitrogens with zero attached hydrogens (tertiary/aromatic N) is 3. The Bertz CT molecular complexity index is 1420. The second-order valence-electron chi connectivity index (χ2n) is 7.90. The zero-order valence-electron chi connectivity index (χ0n) is 20.3. The van der Waals surface area contributed by atoms with Gasteiger partial charge < -0.3 is 20.8 Å². The molecule has 0 aromatic heterocycles. The maximum atomic E-state index is 13.7. The second kappa shape index (κ2) is 12.9. The highest BCUT2D eigenvalue weighted by atomic mass is 35.5. The topological polar surface area (TPSA) is 133 Å². The van der Waals surface area contributed by atoms with Crippen molar-refractivity contribution in [3.63, 3.8) is 0 Å². The van der Waals surface area contributed by atoms with E-state index in [1.54, 1.807) is 6.07 Å². The van der Waals surface area contributed by atoms with Crippen molar-refractivity contribution in [2.24, 2.45) is 10.7 Å². The van der Waals surface area contributed by atoms with Crippen LogP contribution in [0.15, 0.2) is 70.6 Å². The van der Waals surface area contributed by atoms with Crippen molar-refractivity contribution < 1.29 is 40.7 Å². The molecule has 0 aliphatic carbocycles. The summed E-state index contributed by atoms with van der Waals surface area (Å²) in [7, 11) is 1.20. The Balaban J connectivity index is 2.32. The van der Waals surface area contributed by atoms with Crippen molar-refractivity contribution in [3.8, 4) is 11.8 Å². The first kappa shape index (κ1) is 31.6. The molecule has 2 aromatic carbocycles. The first-order chi connectivity index (χ1) is 18.5.